The van der Waals surface area contributed by atoms with Crippen molar-refractivity contribution >= 4 is 34.6 Å². The van der Waals surface area contributed by atoms with E-state index < -0.39 is 6.09 Å². The van der Waals surface area contributed by atoms with Gasteiger partial charge >= 0.3 is 6.09 Å². The molecule has 2 amide bonds. The molecule has 0 radical (unpaired) electrons. The highest BCUT2D eigenvalue weighted by Gasteiger charge is 2.35. The van der Waals surface area contributed by atoms with Gasteiger partial charge in [-0.2, -0.15) is 0 Å². The van der Waals surface area contributed by atoms with Crippen LogP contribution in [0, 0.1) is 3.57 Å². The first-order valence-electron chi connectivity index (χ1n) is 9.24. The first kappa shape index (κ1) is 19.0. The molecule has 4 heterocycles. The van der Waals surface area contributed by atoms with Crippen molar-refractivity contribution in [2.24, 2.45) is 0 Å². The molecule has 1 saturated heterocycles. The van der Waals surface area contributed by atoms with Gasteiger partial charge in [-0.15, -0.1) is 0 Å². The number of hydrogen-bond acceptors (Lipinski definition) is 4. The molecule has 9 heteroatoms. The van der Waals surface area contributed by atoms with E-state index in [1.807, 2.05) is 13.0 Å². The maximum atomic E-state index is 12.2. The number of hydrogen-bond donors (Lipinski definition) is 3. The van der Waals surface area contributed by atoms with Crippen LogP contribution in [0.3, 0.4) is 0 Å². The lowest BCUT2D eigenvalue weighted by atomic mass is 10.1. The predicted molar refractivity (Wildman–Crippen MR) is 111 cm³/mol. The van der Waals surface area contributed by atoms with Crippen molar-refractivity contribution in [2.75, 3.05) is 13.2 Å². The SMILES string of the molecule is C[C@@H]1CC[C@H](COc2cnccc2-c2[nH]c3c(c2I)C(=O)NCC3)N1C(=O)O. The molecule has 0 bridgehead atoms. The van der Waals surface area contributed by atoms with Gasteiger partial charge in [0.05, 0.1) is 27.1 Å². The number of likely N-dealkylation sites (tertiary alicyclic amines) is 1. The molecule has 2 aliphatic heterocycles. The molecule has 0 saturated carbocycles. The van der Waals surface area contributed by atoms with Crippen molar-refractivity contribution in [3.63, 3.8) is 0 Å². The number of aromatic amines is 1. The van der Waals surface area contributed by atoms with Crippen molar-refractivity contribution in [3.05, 3.63) is 33.3 Å². The van der Waals surface area contributed by atoms with Crippen LogP contribution in [0.2, 0.25) is 0 Å². The molecular formula is C19H21IN4O4. The van der Waals surface area contributed by atoms with Gasteiger partial charge in [0.2, 0.25) is 0 Å². The molecule has 148 valence electrons. The van der Waals surface area contributed by atoms with Crippen molar-refractivity contribution in [1.29, 1.82) is 0 Å². The molecule has 2 aromatic rings. The quantitative estimate of drug-likeness (QED) is 0.565. The molecule has 1 fully saturated rings. The van der Waals surface area contributed by atoms with Gasteiger partial charge in [0.25, 0.3) is 5.91 Å². The highest BCUT2D eigenvalue weighted by Crippen LogP contribution is 2.36. The second-order valence-electron chi connectivity index (χ2n) is 7.13. The summed E-state index contributed by atoms with van der Waals surface area (Å²) in [5.74, 6) is 0.506. The van der Waals surface area contributed by atoms with E-state index in [9.17, 15) is 14.7 Å². The summed E-state index contributed by atoms with van der Waals surface area (Å²) in [7, 11) is 0. The molecule has 28 heavy (non-hydrogen) atoms. The minimum Gasteiger partial charge on any atom is -0.489 e. The number of pyridine rings is 1. The molecule has 4 rings (SSSR count). The fourth-order valence-corrected chi connectivity index (χ4v) is 4.99. The van der Waals surface area contributed by atoms with Gasteiger partial charge in [0.1, 0.15) is 12.4 Å². The van der Waals surface area contributed by atoms with E-state index in [4.69, 9.17) is 4.74 Å². The number of carbonyl (C=O) groups excluding carboxylic acids is 1. The number of nitrogens with one attached hydrogen (secondary N) is 2. The van der Waals surface area contributed by atoms with Crippen LogP contribution in [-0.2, 0) is 6.42 Å². The monoisotopic (exact) mass is 496 g/mol. The highest BCUT2D eigenvalue weighted by molar-refractivity contribution is 14.1. The van der Waals surface area contributed by atoms with Crippen LogP contribution >= 0.6 is 22.6 Å². The zero-order valence-electron chi connectivity index (χ0n) is 15.4. The predicted octanol–water partition coefficient (Wildman–Crippen LogP) is 2.88. The van der Waals surface area contributed by atoms with Crippen molar-refractivity contribution in [1.82, 2.24) is 20.2 Å². The van der Waals surface area contributed by atoms with E-state index in [0.29, 0.717) is 17.9 Å². The lowest BCUT2D eigenvalue weighted by Crippen LogP contribution is -2.41. The van der Waals surface area contributed by atoms with Gasteiger partial charge in [-0.3, -0.25) is 14.7 Å². The van der Waals surface area contributed by atoms with Crippen LogP contribution in [-0.4, -0.2) is 57.2 Å². The fourth-order valence-electron chi connectivity index (χ4n) is 3.99. The van der Waals surface area contributed by atoms with Crippen LogP contribution in [0.1, 0.15) is 35.8 Å². The van der Waals surface area contributed by atoms with E-state index in [-0.39, 0.29) is 24.6 Å². The average Bonchev–Trinajstić information content (AvgIpc) is 3.21. The molecule has 2 atom stereocenters. The Labute approximate surface area is 175 Å². The minimum absolute atomic E-state index is 0.00550. The van der Waals surface area contributed by atoms with Crippen molar-refractivity contribution in [3.8, 4) is 17.0 Å². The van der Waals surface area contributed by atoms with Crippen molar-refractivity contribution in [2.45, 2.75) is 38.3 Å². The van der Waals surface area contributed by atoms with Gasteiger partial charge < -0.3 is 20.1 Å². The van der Waals surface area contributed by atoms with E-state index in [1.54, 1.807) is 12.4 Å². The summed E-state index contributed by atoms with van der Waals surface area (Å²) in [6.07, 6.45) is 4.76. The van der Waals surface area contributed by atoms with Gasteiger partial charge in [-0.05, 0) is 48.4 Å². The summed E-state index contributed by atoms with van der Waals surface area (Å²) in [4.78, 5) is 32.8. The smallest absolute Gasteiger partial charge is 0.407 e. The molecule has 0 unspecified atom stereocenters. The van der Waals surface area contributed by atoms with Crippen LogP contribution in [0.15, 0.2) is 18.5 Å². The summed E-state index contributed by atoms with van der Waals surface area (Å²) in [5, 5.41) is 12.3. The van der Waals surface area contributed by atoms with Gasteiger partial charge in [-0.25, -0.2) is 4.79 Å². The van der Waals surface area contributed by atoms with Crippen LogP contribution in [0.5, 0.6) is 5.75 Å². The lowest BCUT2D eigenvalue weighted by Gasteiger charge is -2.25. The van der Waals surface area contributed by atoms with Gasteiger partial charge in [-0.1, -0.05) is 0 Å². The number of aromatic nitrogens is 2. The third kappa shape index (κ3) is 3.31. The Kier molecular flexibility index (Phi) is 5.17. The summed E-state index contributed by atoms with van der Waals surface area (Å²) >= 11 is 2.18. The number of nitrogens with zero attached hydrogens (tertiary/aromatic N) is 2. The lowest BCUT2D eigenvalue weighted by molar-refractivity contribution is 0.0944. The third-order valence-corrected chi connectivity index (χ3v) is 6.47. The second kappa shape index (κ2) is 7.61. The maximum absolute atomic E-state index is 12.2. The first-order chi connectivity index (χ1) is 13.5. The Morgan fingerprint density at radius 1 is 1.46 bits per heavy atom. The Morgan fingerprint density at radius 2 is 2.29 bits per heavy atom. The topological polar surface area (TPSA) is 108 Å². The van der Waals surface area contributed by atoms with Crippen LogP contribution in [0.4, 0.5) is 4.79 Å². The summed E-state index contributed by atoms with van der Waals surface area (Å²) in [6, 6.07) is 1.66. The highest BCUT2D eigenvalue weighted by atomic mass is 127. The molecule has 3 N–H and O–H groups in total. The van der Waals surface area contributed by atoms with E-state index >= 15 is 0 Å². The second-order valence-corrected chi connectivity index (χ2v) is 8.21. The average molecular weight is 496 g/mol. The number of carbonyl (C=O) groups is 2. The summed E-state index contributed by atoms with van der Waals surface area (Å²) in [5.41, 5.74) is 3.25. The van der Waals surface area contributed by atoms with E-state index in [2.05, 4.69) is 37.9 Å². The molecular weight excluding hydrogens is 475 g/mol. The molecule has 0 aromatic carbocycles. The molecule has 8 nitrogen and oxygen atoms in total. The number of fused-ring (bicyclic) bond motifs is 1. The Hall–Kier alpha value is -2.30. The minimum atomic E-state index is -0.914. The number of halogens is 1. The van der Waals surface area contributed by atoms with Crippen LogP contribution in [0.25, 0.3) is 11.3 Å². The summed E-state index contributed by atoms with van der Waals surface area (Å²) in [6.45, 7) is 2.81. The first-order valence-corrected chi connectivity index (χ1v) is 10.3. The standard InChI is InChI=1S/C19H21IN4O4/c1-10-2-3-11(24(10)19(26)27)9-28-14-8-21-6-4-12(14)17-16(20)15-13(23-17)5-7-22-18(15)25/h4,6,8,10-11,23H,2-3,5,7,9H2,1H3,(H,22,25)(H,26,27)/t10-,11-/m1/s1. The number of ether oxygens (including phenoxy) is 1. The zero-order valence-corrected chi connectivity index (χ0v) is 17.5. The third-order valence-electron chi connectivity index (χ3n) is 5.40. The number of rotatable bonds is 4. The van der Waals surface area contributed by atoms with Crippen LogP contribution < -0.4 is 10.1 Å². The summed E-state index contributed by atoms with van der Waals surface area (Å²) < 4.78 is 6.88. The largest absolute Gasteiger partial charge is 0.489 e. The normalized spacial score (nSPS) is 21.4. The maximum Gasteiger partial charge on any atom is 0.407 e. The fraction of sp³-hybridized carbons (Fsp3) is 0.421. The van der Waals surface area contributed by atoms with Gasteiger partial charge in [0.15, 0.2) is 0 Å². The number of carboxylic acid groups (broad SMARTS) is 1. The molecule has 2 aromatic heterocycles. The van der Waals surface area contributed by atoms with E-state index in [1.165, 1.54) is 4.90 Å². The Balaban J connectivity index is 1.60. The number of H-pyrrole nitrogens is 1. The Bertz CT molecular complexity index is 929. The molecule has 0 aliphatic carbocycles. The van der Waals surface area contributed by atoms with Gasteiger partial charge in [0, 0.05) is 36.5 Å². The molecule has 2 aliphatic rings. The Morgan fingerprint density at radius 3 is 3.04 bits per heavy atom. The number of amides is 2. The van der Waals surface area contributed by atoms with Crippen molar-refractivity contribution < 1.29 is 19.4 Å². The zero-order chi connectivity index (χ0) is 19.8. The van der Waals surface area contributed by atoms with E-state index in [0.717, 1.165) is 39.8 Å². The molecule has 0 spiro atoms.